The summed E-state index contributed by atoms with van der Waals surface area (Å²) in [4.78, 5) is 0. The molecule has 0 unspecified atom stereocenters. The summed E-state index contributed by atoms with van der Waals surface area (Å²) >= 11 is 0. The second kappa shape index (κ2) is 7.00. The number of benzene rings is 2. The lowest BCUT2D eigenvalue weighted by atomic mass is 9.79. The lowest BCUT2D eigenvalue weighted by Gasteiger charge is -2.32. The minimum Gasteiger partial charge on any atom is -0.385 e. The van der Waals surface area contributed by atoms with E-state index in [1.165, 1.54) is 6.42 Å². The van der Waals surface area contributed by atoms with Crippen LogP contribution in [0.4, 0.5) is 0 Å². The molecule has 23 heavy (non-hydrogen) atoms. The SMILES string of the molecule is CC(=C=C(c1ccccc1)c1ccccc1)C1(O)CCCCC1. The van der Waals surface area contributed by atoms with Crippen molar-refractivity contribution in [1.29, 1.82) is 0 Å². The predicted octanol–water partition coefficient (Wildman–Crippen LogP) is 5.36. The summed E-state index contributed by atoms with van der Waals surface area (Å²) < 4.78 is 0. The minimum atomic E-state index is -0.687. The molecule has 1 aliphatic carbocycles. The fourth-order valence-electron chi connectivity index (χ4n) is 3.34. The molecule has 1 heteroatoms. The molecule has 1 fully saturated rings. The Balaban J connectivity index is 2.13. The first-order valence-electron chi connectivity index (χ1n) is 8.50. The van der Waals surface area contributed by atoms with Crippen LogP contribution < -0.4 is 0 Å². The van der Waals surface area contributed by atoms with Crippen molar-refractivity contribution in [2.45, 2.75) is 44.6 Å². The zero-order valence-corrected chi connectivity index (χ0v) is 13.8. The van der Waals surface area contributed by atoms with E-state index >= 15 is 0 Å². The topological polar surface area (TPSA) is 20.2 Å². The monoisotopic (exact) mass is 304 g/mol. The molecule has 118 valence electrons. The molecule has 1 N–H and O–H groups in total. The first-order valence-corrected chi connectivity index (χ1v) is 8.50. The van der Waals surface area contributed by atoms with Gasteiger partial charge in [-0.05, 0) is 30.9 Å². The molecular formula is C22H24O. The van der Waals surface area contributed by atoms with E-state index in [0.29, 0.717) is 0 Å². The maximum Gasteiger partial charge on any atom is 0.0927 e. The van der Waals surface area contributed by atoms with Crippen LogP contribution >= 0.6 is 0 Å². The van der Waals surface area contributed by atoms with Crippen molar-refractivity contribution in [1.82, 2.24) is 0 Å². The highest BCUT2D eigenvalue weighted by atomic mass is 16.3. The number of aliphatic hydroxyl groups is 1. The van der Waals surface area contributed by atoms with Crippen LogP contribution in [0.3, 0.4) is 0 Å². The Morgan fingerprint density at radius 2 is 1.30 bits per heavy atom. The highest BCUT2D eigenvalue weighted by Gasteiger charge is 2.31. The third kappa shape index (κ3) is 3.64. The van der Waals surface area contributed by atoms with Gasteiger partial charge in [-0.15, -0.1) is 5.73 Å². The van der Waals surface area contributed by atoms with E-state index in [0.717, 1.165) is 48.0 Å². The van der Waals surface area contributed by atoms with Crippen molar-refractivity contribution in [3.05, 3.63) is 83.1 Å². The van der Waals surface area contributed by atoms with Crippen LogP contribution in [0.5, 0.6) is 0 Å². The van der Waals surface area contributed by atoms with Gasteiger partial charge in [-0.2, -0.15) is 0 Å². The molecule has 0 bridgehead atoms. The summed E-state index contributed by atoms with van der Waals surface area (Å²) in [5.41, 5.74) is 7.15. The Morgan fingerprint density at radius 1 is 0.826 bits per heavy atom. The second-order valence-corrected chi connectivity index (χ2v) is 6.45. The molecule has 0 saturated heterocycles. The lowest BCUT2D eigenvalue weighted by Crippen LogP contribution is -2.32. The van der Waals surface area contributed by atoms with Gasteiger partial charge in [0.2, 0.25) is 0 Å². The molecule has 2 aromatic rings. The molecule has 2 aromatic carbocycles. The summed E-state index contributed by atoms with van der Waals surface area (Å²) in [6.45, 7) is 2.02. The third-order valence-corrected chi connectivity index (χ3v) is 4.82. The van der Waals surface area contributed by atoms with Gasteiger partial charge in [0.1, 0.15) is 0 Å². The van der Waals surface area contributed by atoms with Gasteiger partial charge < -0.3 is 5.11 Å². The van der Waals surface area contributed by atoms with Crippen molar-refractivity contribution in [2.75, 3.05) is 0 Å². The zero-order chi connectivity index (χ0) is 16.1. The van der Waals surface area contributed by atoms with E-state index in [9.17, 15) is 5.11 Å². The van der Waals surface area contributed by atoms with Gasteiger partial charge in [-0.25, -0.2) is 0 Å². The molecule has 0 atom stereocenters. The molecule has 0 spiro atoms. The van der Waals surface area contributed by atoms with E-state index in [4.69, 9.17) is 0 Å². The Bertz CT molecular complexity index is 659. The molecular weight excluding hydrogens is 280 g/mol. The fourth-order valence-corrected chi connectivity index (χ4v) is 3.34. The van der Waals surface area contributed by atoms with E-state index in [1.54, 1.807) is 0 Å². The van der Waals surface area contributed by atoms with Gasteiger partial charge in [0, 0.05) is 11.1 Å². The Kier molecular flexibility index (Phi) is 4.81. The van der Waals surface area contributed by atoms with Crippen LogP contribution in [-0.2, 0) is 0 Å². The van der Waals surface area contributed by atoms with Crippen LogP contribution in [0.25, 0.3) is 5.57 Å². The normalized spacial score (nSPS) is 16.4. The van der Waals surface area contributed by atoms with Crippen molar-refractivity contribution in [2.24, 2.45) is 0 Å². The van der Waals surface area contributed by atoms with Crippen LogP contribution in [-0.4, -0.2) is 10.7 Å². The van der Waals surface area contributed by atoms with Gasteiger partial charge in [0.25, 0.3) is 0 Å². The molecule has 0 amide bonds. The summed E-state index contributed by atoms with van der Waals surface area (Å²) in [5.74, 6) is 0. The zero-order valence-electron chi connectivity index (χ0n) is 13.8. The summed E-state index contributed by atoms with van der Waals surface area (Å²) in [6.07, 6.45) is 5.12. The lowest BCUT2D eigenvalue weighted by molar-refractivity contribution is 0.0399. The van der Waals surface area contributed by atoms with Crippen molar-refractivity contribution in [3.8, 4) is 0 Å². The molecule has 3 rings (SSSR count). The first-order chi connectivity index (χ1) is 11.2. The quantitative estimate of drug-likeness (QED) is 0.757. The molecule has 1 saturated carbocycles. The molecule has 0 aromatic heterocycles. The molecule has 0 heterocycles. The number of hydrogen-bond acceptors (Lipinski definition) is 1. The van der Waals surface area contributed by atoms with E-state index in [1.807, 2.05) is 43.3 Å². The maximum atomic E-state index is 11.0. The van der Waals surface area contributed by atoms with E-state index in [-0.39, 0.29) is 0 Å². The predicted molar refractivity (Wildman–Crippen MR) is 96.1 cm³/mol. The molecule has 1 nitrogen and oxygen atoms in total. The van der Waals surface area contributed by atoms with Crippen LogP contribution in [0.1, 0.15) is 50.2 Å². The van der Waals surface area contributed by atoms with Crippen molar-refractivity contribution in [3.63, 3.8) is 0 Å². The van der Waals surface area contributed by atoms with Crippen molar-refractivity contribution >= 4 is 5.57 Å². The average molecular weight is 304 g/mol. The maximum absolute atomic E-state index is 11.0. The van der Waals surface area contributed by atoms with Gasteiger partial charge in [-0.1, -0.05) is 79.9 Å². The van der Waals surface area contributed by atoms with Gasteiger partial charge in [0.05, 0.1) is 5.60 Å². The van der Waals surface area contributed by atoms with Crippen molar-refractivity contribution < 1.29 is 5.11 Å². The standard InChI is InChI=1S/C22H24O/c1-18(22(23)15-9-4-10-16-22)17-21(19-11-5-2-6-12-19)20-13-7-3-8-14-20/h2-3,5-8,11-14,23H,4,9-10,15-16H2,1H3. The second-order valence-electron chi connectivity index (χ2n) is 6.45. The first kappa shape index (κ1) is 15.8. The summed E-state index contributed by atoms with van der Waals surface area (Å²) in [5, 5.41) is 11.0. The van der Waals surface area contributed by atoms with Gasteiger partial charge in [0.15, 0.2) is 0 Å². The Labute approximate surface area is 139 Å². The van der Waals surface area contributed by atoms with E-state index in [2.05, 4.69) is 30.0 Å². The minimum absolute atomic E-state index is 0.687. The Morgan fingerprint density at radius 3 is 1.78 bits per heavy atom. The smallest absolute Gasteiger partial charge is 0.0927 e. The summed E-state index contributed by atoms with van der Waals surface area (Å²) in [6, 6.07) is 20.7. The van der Waals surface area contributed by atoms with Crippen LogP contribution in [0, 0.1) is 0 Å². The highest BCUT2D eigenvalue weighted by Crippen LogP contribution is 2.34. The van der Waals surface area contributed by atoms with Gasteiger partial charge in [-0.3, -0.25) is 0 Å². The summed E-state index contributed by atoms with van der Waals surface area (Å²) in [7, 11) is 0. The fraction of sp³-hybridized carbons (Fsp3) is 0.318. The average Bonchev–Trinajstić information content (AvgIpc) is 2.61. The molecule has 0 aliphatic heterocycles. The molecule has 1 aliphatic rings. The Hall–Kier alpha value is -2.08. The highest BCUT2D eigenvalue weighted by molar-refractivity contribution is 5.79. The third-order valence-electron chi connectivity index (χ3n) is 4.82. The van der Waals surface area contributed by atoms with Gasteiger partial charge >= 0.3 is 0 Å². The van der Waals surface area contributed by atoms with Crippen LogP contribution in [0.15, 0.2) is 72.0 Å². The number of hydrogen-bond donors (Lipinski definition) is 1. The molecule has 0 radical (unpaired) electrons. The largest absolute Gasteiger partial charge is 0.385 e. The number of rotatable bonds is 3. The van der Waals surface area contributed by atoms with Crippen LogP contribution in [0.2, 0.25) is 0 Å². The van der Waals surface area contributed by atoms with E-state index < -0.39 is 5.60 Å².